The predicted octanol–water partition coefficient (Wildman–Crippen LogP) is -0.807. The molecule has 0 aromatic carbocycles. The molecule has 3 heteroatoms. The van der Waals surface area contributed by atoms with E-state index in [0.29, 0.717) is 6.54 Å². The molecule has 0 aliphatic carbocycles. The van der Waals surface area contributed by atoms with Gasteiger partial charge in [-0.1, -0.05) is 0 Å². The van der Waals surface area contributed by atoms with E-state index in [0.717, 1.165) is 5.84 Å². The van der Waals surface area contributed by atoms with Crippen molar-refractivity contribution in [2.24, 2.45) is 10.7 Å². The highest BCUT2D eigenvalue weighted by molar-refractivity contribution is 5.83. The zero-order valence-electron chi connectivity index (χ0n) is 4.73. The molecule has 0 aliphatic heterocycles. The van der Waals surface area contributed by atoms with Crippen molar-refractivity contribution in [1.29, 1.82) is 0 Å². The fraction of sp³-hybridized carbons (Fsp3) is 0.750. The van der Waals surface area contributed by atoms with Crippen LogP contribution in [0.25, 0.3) is 0 Å². The minimum Gasteiger partial charge on any atom is -0.376 e. The van der Waals surface area contributed by atoms with Crippen LogP contribution in [0.1, 0.15) is 0 Å². The quantitative estimate of drug-likeness (QED) is 0.335. The van der Waals surface area contributed by atoms with Gasteiger partial charge in [-0.25, -0.2) is 0 Å². The smallest absolute Gasteiger partial charge is 0.109 e. The Morgan fingerprint density at radius 1 is 1.86 bits per heavy atom. The van der Waals surface area contributed by atoms with E-state index in [1.54, 1.807) is 14.1 Å². The summed E-state index contributed by atoms with van der Waals surface area (Å²) in [6.07, 6.45) is 0. The highest BCUT2D eigenvalue weighted by atomic mass is 15.0. The lowest BCUT2D eigenvalue weighted by molar-refractivity contribution is 1.08. The van der Waals surface area contributed by atoms with E-state index in [2.05, 4.69) is 10.3 Å². The van der Waals surface area contributed by atoms with Gasteiger partial charge in [0.25, 0.3) is 0 Å². The molecule has 0 unspecified atom stereocenters. The third-order valence-electron chi connectivity index (χ3n) is 0.752. The molecule has 0 amide bonds. The van der Waals surface area contributed by atoms with Crippen LogP contribution in [0, 0.1) is 0 Å². The number of likely N-dealkylation sites (N-methyl/N-ethyl adjacent to an activating group) is 1. The van der Waals surface area contributed by atoms with Crippen molar-refractivity contribution >= 4 is 5.84 Å². The molecule has 3 N–H and O–H groups in total. The largest absolute Gasteiger partial charge is 0.376 e. The topological polar surface area (TPSA) is 50.4 Å². The van der Waals surface area contributed by atoms with Gasteiger partial charge in [-0.2, -0.15) is 0 Å². The summed E-state index contributed by atoms with van der Waals surface area (Å²) in [6.45, 7) is 0.493. The predicted molar refractivity (Wildman–Crippen MR) is 31.5 cm³/mol. The molecule has 0 rings (SSSR count). The van der Waals surface area contributed by atoms with E-state index in [1.165, 1.54) is 0 Å². The van der Waals surface area contributed by atoms with E-state index in [9.17, 15) is 0 Å². The first kappa shape index (κ1) is 6.43. The number of rotatable bonds is 1. The van der Waals surface area contributed by atoms with Crippen LogP contribution in [0.4, 0.5) is 0 Å². The molecule has 0 aromatic rings. The number of hydrogen-bond acceptors (Lipinski definition) is 2. The van der Waals surface area contributed by atoms with Gasteiger partial charge in [0.15, 0.2) is 0 Å². The van der Waals surface area contributed by atoms with Gasteiger partial charge in [-0.15, -0.1) is 0 Å². The Morgan fingerprint density at radius 3 is 2.43 bits per heavy atom. The van der Waals surface area contributed by atoms with E-state index < -0.39 is 0 Å². The summed E-state index contributed by atoms with van der Waals surface area (Å²) in [5, 5.41) is 2.83. The van der Waals surface area contributed by atoms with Crippen molar-refractivity contribution in [3.05, 3.63) is 0 Å². The number of nitrogens with zero attached hydrogens (tertiary/aromatic N) is 1. The average molecular weight is 101 g/mol. The SMILES string of the molecule is CN=C(CN)NC. The van der Waals surface area contributed by atoms with E-state index in [1.807, 2.05) is 0 Å². The lowest BCUT2D eigenvalue weighted by Gasteiger charge is -1.96. The third-order valence-corrected chi connectivity index (χ3v) is 0.752. The Morgan fingerprint density at radius 2 is 2.43 bits per heavy atom. The molecule has 42 valence electrons. The van der Waals surface area contributed by atoms with Gasteiger partial charge in [0.1, 0.15) is 5.84 Å². The molecule has 0 saturated carbocycles. The molecular weight excluding hydrogens is 90.1 g/mol. The maximum atomic E-state index is 5.20. The summed E-state index contributed by atoms with van der Waals surface area (Å²) in [4.78, 5) is 3.81. The summed E-state index contributed by atoms with van der Waals surface area (Å²) < 4.78 is 0. The van der Waals surface area contributed by atoms with Crippen LogP contribution in [0.5, 0.6) is 0 Å². The second-order valence-corrected chi connectivity index (χ2v) is 1.12. The van der Waals surface area contributed by atoms with Gasteiger partial charge in [0, 0.05) is 14.1 Å². The highest BCUT2D eigenvalue weighted by Crippen LogP contribution is 1.59. The molecule has 7 heavy (non-hydrogen) atoms. The van der Waals surface area contributed by atoms with E-state index in [4.69, 9.17) is 5.73 Å². The van der Waals surface area contributed by atoms with Gasteiger partial charge in [0.2, 0.25) is 0 Å². The van der Waals surface area contributed by atoms with Crippen LogP contribution >= 0.6 is 0 Å². The summed E-state index contributed by atoms with van der Waals surface area (Å²) in [5.41, 5.74) is 5.20. The first-order valence-electron chi connectivity index (χ1n) is 2.18. The molecule has 0 saturated heterocycles. The standard InChI is InChI=1S/C4H11N3/c1-6-4(3-5)7-2/h3,5H2,1-2H3,(H,6,7). The summed E-state index contributed by atoms with van der Waals surface area (Å²) in [5.74, 6) is 0.833. The van der Waals surface area contributed by atoms with Crippen molar-refractivity contribution in [2.75, 3.05) is 20.6 Å². The van der Waals surface area contributed by atoms with Crippen LogP contribution < -0.4 is 11.1 Å². The van der Waals surface area contributed by atoms with Crippen LogP contribution in [-0.2, 0) is 0 Å². The van der Waals surface area contributed by atoms with E-state index >= 15 is 0 Å². The first-order chi connectivity index (χ1) is 3.35. The second-order valence-electron chi connectivity index (χ2n) is 1.12. The zero-order valence-corrected chi connectivity index (χ0v) is 4.73. The van der Waals surface area contributed by atoms with Crippen molar-refractivity contribution in [2.45, 2.75) is 0 Å². The summed E-state index contributed by atoms with van der Waals surface area (Å²) >= 11 is 0. The Labute approximate surface area is 43.6 Å². The molecule has 0 bridgehead atoms. The fourth-order valence-electron chi connectivity index (χ4n) is 0.305. The zero-order chi connectivity index (χ0) is 5.70. The molecular formula is C4H11N3. The minimum atomic E-state index is 0.493. The Balaban J connectivity index is 3.38. The molecule has 0 spiro atoms. The van der Waals surface area contributed by atoms with Gasteiger partial charge in [-0.3, -0.25) is 4.99 Å². The van der Waals surface area contributed by atoms with Gasteiger partial charge in [-0.05, 0) is 0 Å². The van der Waals surface area contributed by atoms with Gasteiger partial charge >= 0.3 is 0 Å². The van der Waals surface area contributed by atoms with Crippen LogP contribution in [0.15, 0.2) is 4.99 Å². The molecule has 0 fully saturated rings. The lowest BCUT2D eigenvalue weighted by atomic mass is 10.6. The average Bonchev–Trinajstić information content (AvgIpc) is 1.72. The molecule has 0 atom stereocenters. The van der Waals surface area contributed by atoms with Crippen molar-refractivity contribution in [3.8, 4) is 0 Å². The number of nitrogens with one attached hydrogen (secondary N) is 1. The van der Waals surface area contributed by atoms with Crippen LogP contribution in [-0.4, -0.2) is 26.5 Å². The molecule has 0 aromatic heterocycles. The van der Waals surface area contributed by atoms with Crippen molar-refractivity contribution in [3.63, 3.8) is 0 Å². The third kappa shape index (κ3) is 2.17. The maximum Gasteiger partial charge on any atom is 0.109 e. The second kappa shape index (κ2) is 3.61. The Bertz CT molecular complexity index is 61.3. The normalized spacial score (nSPS) is 11.6. The van der Waals surface area contributed by atoms with Crippen molar-refractivity contribution in [1.82, 2.24) is 5.32 Å². The molecule has 0 radical (unpaired) electrons. The lowest BCUT2D eigenvalue weighted by Crippen LogP contribution is -2.26. The van der Waals surface area contributed by atoms with Gasteiger partial charge in [0.05, 0.1) is 6.54 Å². The molecule has 0 aliphatic rings. The number of hydrogen-bond donors (Lipinski definition) is 2. The Hall–Kier alpha value is -0.570. The van der Waals surface area contributed by atoms with Crippen LogP contribution in [0.3, 0.4) is 0 Å². The first-order valence-corrected chi connectivity index (χ1v) is 2.18. The molecule has 3 nitrogen and oxygen atoms in total. The highest BCUT2D eigenvalue weighted by Gasteiger charge is 1.82. The molecule has 0 heterocycles. The Kier molecular flexibility index (Phi) is 3.32. The summed E-state index contributed by atoms with van der Waals surface area (Å²) in [7, 11) is 3.51. The monoisotopic (exact) mass is 101 g/mol. The number of aliphatic imine (C=N–C) groups is 1. The van der Waals surface area contributed by atoms with Crippen LogP contribution in [0.2, 0.25) is 0 Å². The van der Waals surface area contributed by atoms with Crippen molar-refractivity contribution < 1.29 is 0 Å². The van der Waals surface area contributed by atoms with E-state index in [-0.39, 0.29) is 0 Å². The fourth-order valence-corrected chi connectivity index (χ4v) is 0.305. The minimum absolute atomic E-state index is 0.493. The number of amidine groups is 1. The van der Waals surface area contributed by atoms with Gasteiger partial charge < -0.3 is 11.1 Å². The maximum absolute atomic E-state index is 5.20. The summed E-state index contributed by atoms with van der Waals surface area (Å²) in [6, 6.07) is 0. The number of nitrogens with two attached hydrogens (primary N) is 1.